The van der Waals surface area contributed by atoms with Crippen LogP contribution >= 0.6 is 0 Å². The summed E-state index contributed by atoms with van der Waals surface area (Å²) >= 11 is 0. The number of aromatic amines is 2. The molecule has 7 nitrogen and oxygen atoms in total. The molecule has 96 valence electrons. The SMILES string of the molecule is Cc1c[nH]c(=O)[nH]c1=O.NCCCCC(=O)O. The Hall–Kier alpha value is -1.89. The van der Waals surface area contributed by atoms with Crippen LogP contribution in [0.4, 0.5) is 0 Å². The van der Waals surface area contributed by atoms with Gasteiger partial charge in [-0.15, -0.1) is 0 Å². The number of nitrogens with two attached hydrogens (primary N) is 1. The lowest BCUT2D eigenvalue weighted by Gasteiger charge is -1.90. The highest BCUT2D eigenvalue weighted by molar-refractivity contribution is 5.66. The number of aromatic nitrogens is 2. The summed E-state index contributed by atoms with van der Waals surface area (Å²) in [5.41, 5.74) is 4.83. The molecule has 0 radical (unpaired) electrons. The Bertz CT molecular complexity index is 449. The topological polar surface area (TPSA) is 129 Å². The molecule has 0 bridgehead atoms. The molecule has 0 unspecified atom stereocenters. The van der Waals surface area contributed by atoms with Crippen LogP contribution in [-0.4, -0.2) is 27.6 Å². The highest BCUT2D eigenvalue weighted by Gasteiger charge is 1.92. The largest absolute Gasteiger partial charge is 0.481 e. The second-order valence-corrected chi connectivity index (χ2v) is 3.39. The van der Waals surface area contributed by atoms with Crippen molar-refractivity contribution in [2.45, 2.75) is 26.2 Å². The number of hydrogen-bond donors (Lipinski definition) is 4. The lowest BCUT2D eigenvalue weighted by atomic mass is 10.2. The number of hydrogen-bond acceptors (Lipinski definition) is 4. The van der Waals surface area contributed by atoms with E-state index >= 15 is 0 Å². The normalized spacial score (nSPS) is 9.29. The molecular weight excluding hydrogens is 226 g/mol. The number of carbonyl (C=O) groups is 1. The average Bonchev–Trinajstić information content (AvgIpc) is 2.25. The van der Waals surface area contributed by atoms with Gasteiger partial charge in [0.2, 0.25) is 0 Å². The Morgan fingerprint density at radius 3 is 2.47 bits per heavy atom. The summed E-state index contributed by atoms with van der Waals surface area (Å²) in [5, 5.41) is 8.10. The Labute approximate surface area is 97.7 Å². The number of rotatable bonds is 4. The number of unbranched alkanes of at least 4 members (excludes halogenated alkanes) is 1. The molecule has 1 aromatic heterocycles. The predicted molar refractivity (Wildman–Crippen MR) is 63.0 cm³/mol. The van der Waals surface area contributed by atoms with E-state index in [1.807, 2.05) is 0 Å². The Balaban J connectivity index is 0.000000304. The van der Waals surface area contributed by atoms with Crippen LogP contribution in [0.25, 0.3) is 0 Å². The van der Waals surface area contributed by atoms with Gasteiger partial charge in [0.05, 0.1) is 0 Å². The van der Waals surface area contributed by atoms with Crippen molar-refractivity contribution >= 4 is 5.97 Å². The fourth-order valence-corrected chi connectivity index (χ4v) is 0.898. The van der Waals surface area contributed by atoms with Crippen molar-refractivity contribution in [1.82, 2.24) is 9.97 Å². The zero-order chi connectivity index (χ0) is 13.3. The molecule has 1 heterocycles. The minimum Gasteiger partial charge on any atom is -0.481 e. The van der Waals surface area contributed by atoms with Gasteiger partial charge in [-0.1, -0.05) is 0 Å². The molecule has 5 N–H and O–H groups in total. The van der Waals surface area contributed by atoms with E-state index in [1.165, 1.54) is 6.20 Å². The second-order valence-electron chi connectivity index (χ2n) is 3.39. The molecule has 0 atom stereocenters. The molecular formula is C10H17N3O4. The first-order chi connectivity index (χ1) is 7.97. The molecule has 0 aliphatic carbocycles. The van der Waals surface area contributed by atoms with Gasteiger partial charge in [-0.3, -0.25) is 14.6 Å². The summed E-state index contributed by atoms with van der Waals surface area (Å²) in [6, 6.07) is 0. The number of aryl methyl sites for hydroxylation is 1. The molecule has 0 amide bonds. The molecule has 1 rings (SSSR count). The molecule has 0 aromatic carbocycles. The van der Waals surface area contributed by atoms with Gasteiger partial charge >= 0.3 is 11.7 Å². The van der Waals surface area contributed by atoms with Gasteiger partial charge in [-0.25, -0.2) is 4.79 Å². The molecule has 1 aromatic rings. The van der Waals surface area contributed by atoms with Gasteiger partial charge in [0.1, 0.15) is 0 Å². The quantitative estimate of drug-likeness (QED) is 0.533. The van der Waals surface area contributed by atoms with Crippen molar-refractivity contribution in [3.63, 3.8) is 0 Å². The van der Waals surface area contributed by atoms with E-state index in [9.17, 15) is 14.4 Å². The van der Waals surface area contributed by atoms with Gasteiger partial charge in [0, 0.05) is 18.2 Å². The molecule has 0 saturated heterocycles. The van der Waals surface area contributed by atoms with Crippen LogP contribution in [0.1, 0.15) is 24.8 Å². The standard InChI is InChI=1S/C5H6N2O2.C5H11NO2/c1-3-2-6-5(9)7-4(3)8;6-4-2-1-3-5(7)8/h2H,1H3,(H2,6,7,8,9);1-4,6H2,(H,7,8). The maximum atomic E-state index is 10.6. The molecule has 0 aliphatic heterocycles. The van der Waals surface area contributed by atoms with E-state index in [4.69, 9.17) is 10.8 Å². The highest BCUT2D eigenvalue weighted by atomic mass is 16.4. The maximum Gasteiger partial charge on any atom is 0.325 e. The lowest BCUT2D eigenvalue weighted by Crippen LogP contribution is -2.22. The molecule has 0 fully saturated rings. The van der Waals surface area contributed by atoms with Crippen LogP contribution in [0.2, 0.25) is 0 Å². The van der Waals surface area contributed by atoms with Gasteiger partial charge < -0.3 is 15.8 Å². The van der Waals surface area contributed by atoms with E-state index in [-0.39, 0.29) is 12.0 Å². The van der Waals surface area contributed by atoms with Crippen LogP contribution in [0.3, 0.4) is 0 Å². The number of carboxylic acids is 1. The number of aliphatic carboxylic acids is 1. The van der Waals surface area contributed by atoms with Crippen molar-refractivity contribution in [3.05, 3.63) is 32.6 Å². The minimum atomic E-state index is -0.738. The fourth-order valence-electron chi connectivity index (χ4n) is 0.898. The summed E-state index contributed by atoms with van der Waals surface area (Å²) in [6.45, 7) is 2.21. The van der Waals surface area contributed by atoms with Crippen LogP contribution in [0.5, 0.6) is 0 Å². The smallest absolute Gasteiger partial charge is 0.325 e. The van der Waals surface area contributed by atoms with Crippen molar-refractivity contribution in [3.8, 4) is 0 Å². The van der Waals surface area contributed by atoms with E-state index < -0.39 is 11.7 Å². The van der Waals surface area contributed by atoms with Gasteiger partial charge in [-0.05, 0) is 26.3 Å². The lowest BCUT2D eigenvalue weighted by molar-refractivity contribution is -0.137. The Morgan fingerprint density at radius 1 is 1.41 bits per heavy atom. The van der Waals surface area contributed by atoms with Crippen LogP contribution < -0.4 is 17.0 Å². The summed E-state index contributed by atoms with van der Waals surface area (Å²) in [4.78, 5) is 35.1. The monoisotopic (exact) mass is 243 g/mol. The molecule has 0 spiro atoms. The summed E-state index contributed by atoms with van der Waals surface area (Å²) in [7, 11) is 0. The fraction of sp³-hybridized carbons (Fsp3) is 0.500. The molecule has 17 heavy (non-hydrogen) atoms. The third-order valence-electron chi connectivity index (χ3n) is 1.85. The van der Waals surface area contributed by atoms with Crippen molar-refractivity contribution in [2.75, 3.05) is 6.54 Å². The van der Waals surface area contributed by atoms with E-state index in [0.717, 1.165) is 6.42 Å². The summed E-state index contributed by atoms with van der Waals surface area (Å²) in [6.07, 6.45) is 3.14. The zero-order valence-corrected chi connectivity index (χ0v) is 9.66. The molecule has 0 saturated carbocycles. The van der Waals surface area contributed by atoms with Gasteiger partial charge in [0.15, 0.2) is 0 Å². The van der Waals surface area contributed by atoms with Gasteiger partial charge in [0.25, 0.3) is 5.56 Å². The Morgan fingerprint density at radius 2 is 2.06 bits per heavy atom. The van der Waals surface area contributed by atoms with E-state index in [2.05, 4.69) is 9.97 Å². The van der Waals surface area contributed by atoms with Crippen molar-refractivity contribution in [1.29, 1.82) is 0 Å². The molecule has 7 heteroatoms. The number of H-pyrrole nitrogens is 2. The minimum absolute atomic E-state index is 0.247. The first kappa shape index (κ1) is 15.1. The summed E-state index contributed by atoms with van der Waals surface area (Å²) in [5.74, 6) is -0.738. The van der Waals surface area contributed by atoms with Crippen LogP contribution in [0, 0.1) is 6.92 Å². The Kier molecular flexibility index (Phi) is 7.36. The molecule has 0 aliphatic rings. The van der Waals surface area contributed by atoms with Crippen LogP contribution in [0.15, 0.2) is 15.8 Å². The van der Waals surface area contributed by atoms with Gasteiger partial charge in [-0.2, -0.15) is 0 Å². The van der Waals surface area contributed by atoms with Crippen molar-refractivity contribution < 1.29 is 9.90 Å². The van der Waals surface area contributed by atoms with Crippen molar-refractivity contribution in [2.24, 2.45) is 5.73 Å². The number of nitrogens with one attached hydrogen (secondary N) is 2. The highest BCUT2D eigenvalue weighted by Crippen LogP contribution is 1.91. The first-order valence-electron chi connectivity index (χ1n) is 5.18. The third kappa shape index (κ3) is 7.97. The third-order valence-corrected chi connectivity index (χ3v) is 1.85. The second kappa shape index (κ2) is 8.28. The predicted octanol–water partition coefficient (Wildman–Crippen LogP) is -0.428. The van der Waals surface area contributed by atoms with Crippen LogP contribution in [-0.2, 0) is 4.79 Å². The zero-order valence-electron chi connectivity index (χ0n) is 9.66. The number of carboxylic acid groups (broad SMARTS) is 1. The maximum absolute atomic E-state index is 10.6. The van der Waals surface area contributed by atoms with E-state index in [0.29, 0.717) is 18.5 Å². The first-order valence-corrected chi connectivity index (χ1v) is 5.18. The average molecular weight is 243 g/mol. The van der Waals surface area contributed by atoms with E-state index in [1.54, 1.807) is 6.92 Å². The summed E-state index contributed by atoms with van der Waals surface area (Å²) < 4.78 is 0.